The highest BCUT2D eigenvalue weighted by Gasteiger charge is 2.12. The van der Waals surface area contributed by atoms with Crippen molar-refractivity contribution >= 4 is 11.7 Å². The minimum Gasteiger partial charge on any atom is -0.409 e. The van der Waals surface area contributed by atoms with E-state index in [1.165, 1.54) is 12.1 Å². The summed E-state index contributed by atoms with van der Waals surface area (Å²) in [6.07, 6.45) is 1.63. The molecule has 6 heteroatoms. The van der Waals surface area contributed by atoms with Crippen LogP contribution in [0.25, 0.3) is 0 Å². The Bertz CT molecular complexity index is 613. The van der Waals surface area contributed by atoms with Crippen LogP contribution in [0.5, 0.6) is 0 Å². The molecule has 0 aliphatic heterocycles. The Morgan fingerprint density at radius 3 is 2.70 bits per heavy atom. The number of nitrogens with zero attached hydrogens (tertiary/aromatic N) is 3. The highest BCUT2D eigenvalue weighted by Crippen LogP contribution is 2.18. The van der Waals surface area contributed by atoms with Crippen molar-refractivity contribution in [1.82, 2.24) is 4.98 Å². The summed E-state index contributed by atoms with van der Waals surface area (Å²) in [4.78, 5) is 6.09. The van der Waals surface area contributed by atoms with E-state index in [9.17, 15) is 4.39 Å². The maximum Gasteiger partial charge on any atom is 0.173 e. The summed E-state index contributed by atoms with van der Waals surface area (Å²) >= 11 is 0. The Morgan fingerprint density at radius 1 is 1.35 bits per heavy atom. The zero-order chi connectivity index (χ0) is 14.5. The molecule has 1 aromatic heterocycles. The van der Waals surface area contributed by atoms with Crippen molar-refractivity contribution in [1.29, 1.82) is 0 Å². The molecular formula is C14H15FN4O. The van der Waals surface area contributed by atoms with Gasteiger partial charge in [-0.05, 0) is 29.8 Å². The minimum absolute atomic E-state index is 0.000874. The third kappa shape index (κ3) is 3.03. The van der Waals surface area contributed by atoms with Gasteiger partial charge in [-0.2, -0.15) is 0 Å². The van der Waals surface area contributed by atoms with Gasteiger partial charge in [-0.1, -0.05) is 17.3 Å². The van der Waals surface area contributed by atoms with E-state index in [1.807, 2.05) is 11.9 Å². The lowest BCUT2D eigenvalue weighted by Crippen LogP contribution is -2.23. The van der Waals surface area contributed by atoms with Gasteiger partial charge in [-0.15, -0.1) is 0 Å². The average Bonchev–Trinajstić information content (AvgIpc) is 2.48. The first-order valence-electron chi connectivity index (χ1n) is 6.00. The molecule has 104 valence electrons. The lowest BCUT2D eigenvalue weighted by molar-refractivity contribution is 0.318. The minimum atomic E-state index is -0.272. The average molecular weight is 274 g/mol. The second kappa shape index (κ2) is 6.01. The second-order valence-corrected chi connectivity index (χ2v) is 4.34. The van der Waals surface area contributed by atoms with Crippen LogP contribution in [0.4, 0.5) is 10.2 Å². The zero-order valence-corrected chi connectivity index (χ0v) is 11.0. The number of anilines is 1. The Kier molecular flexibility index (Phi) is 4.14. The molecule has 2 rings (SSSR count). The maximum absolute atomic E-state index is 12.9. The molecule has 0 aliphatic carbocycles. The number of nitrogens with two attached hydrogens (primary N) is 1. The van der Waals surface area contributed by atoms with Crippen molar-refractivity contribution in [3.63, 3.8) is 0 Å². The molecule has 0 saturated carbocycles. The fourth-order valence-corrected chi connectivity index (χ4v) is 1.89. The molecule has 2 aromatic rings. The molecule has 0 aliphatic rings. The molecule has 1 heterocycles. The Balaban J connectivity index is 2.25. The molecule has 0 radical (unpaired) electrons. The molecule has 0 unspecified atom stereocenters. The van der Waals surface area contributed by atoms with Gasteiger partial charge in [0.2, 0.25) is 0 Å². The van der Waals surface area contributed by atoms with Crippen LogP contribution >= 0.6 is 0 Å². The van der Waals surface area contributed by atoms with Gasteiger partial charge in [0.05, 0.1) is 5.56 Å². The predicted octanol–water partition coefficient (Wildman–Crippen LogP) is 1.95. The molecule has 0 amide bonds. The quantitative estimate of drug-likeness (QED) is 0.387. The van der Waals surface area contributed by atoms with Crippen molar-refractivity contribution in [2.45, 2.75) is 6.54 Å². The number of pyridine rings is 1. The summed E-state index contributed by atoms with van der Waals surface area (Å²) in [6.45, 7) is 0.531. The maximum atomic E-state index is 12.9. The first kappa shape index (κ1) is 13.8. The second-order valence-electron chi connectivity index (χ2n) is 4.34. The van der Waals surface area contributed by atoms with Gasteiger partial charge in [-0.3, -0.25) is 0 Å². The predicted molar refractivity (Wildman–Crippen MR) is 75.3 cm³/mol. The van der Waals surface area contributed by atoms with Crippen molar-refractivity contribution < 1.29 is 9.60 Å². The Labute approximate surface area is 116 Å². The summed E-state index contributed by atoms with van der Waals surface area (Å²) in [5, 5.41) is 11.8. The van der Waals surface area contributed by atoms with Crippen molar-refractivity contribution in [2.75, 3.05) is 11.9 Å². The summed E-state index contributed by atoms with van der Waals surface area (Å²) in [6, 6.07) is 9.66. The lowest BCUT2D eigenvalue weighted by Gasteiger charge is -2.20. The van der Waals surface area contributed by atoms with E-state index in [-0.39, 0.29) is 11.7 Å². The van der Waals surface area contributed by atoms with E-state index in [0.29, 0.717) is 17.9 Å². The third-order valence-electron chi connectivity index (χ3n) is 2.86. The number of amidine groups is 1. The van der Waals surface area contributed by atoms with E-state index < -0.39 is 0 Å². The normalized spacial score (nSPS) is 11.4. The molecule has 5 nitrogen and oxygen atoms in total. The number of rotatable bonds is 4. The molecule has 0 bridgehead atoms. The van der Waals surface area contributed by atoms with Crippen LogP contribution in [0, 0.1) is 5.82 Å². The van der Waals surface area contributed by atoms with Crippen LogP contribution in [0.15, 0.2) is 47.8 Å². The topological polar surface area (TPSA) is 74.7 Å². The van der Waals surface area contributed by atoms with Crippen LogP contribution in [-0.4, -0.2) is 23.1 Å². The largest absolute Gasteiger partial charge is 0.409 e. The molecular weight excluding hydrogens is 259 g/mol. The number of hydrogen-bond acceptors (Lipinski definition) is 4. The molecule has 20 heavy (non-hydrogen) atoms. The van der Waals surface area contributed by atoms with Gasteiger partial charge in [-0.25, -0.2) is 9.37 Å². The Hall–Kier alpha value is -2.63. The Morgan fingerprint density at radius 2 is 2.05 bits per heavy atom. The first-order chi connectivity index (χ1) is 9.61. The van der Waals surface area contributed by atoms with Gasteiger partial charge in [0, 0.05) is 19.8 Å². The van der Waals surface area contributed by atoms with Gasteiger partial charge >= 0.3 is 0 Å². The van der Waals surface area contributed by atoms with Crippen LogP contribution < -0.4 is 10.6 Å². The summed E-state index contributed by atoms with van der Waals surface area (Å²) in [7, 11) is 1.83. The molecule has 3 N–H and O–H groups in total. The van der Waals surface area contributed by atoms with Gasteiger partial charge < -0.3 is 15.8 Å². The van der Waals surface area contributed by atoms with Crippen molar-refractivity contribution in [3.8, 4) is 0 Å². The monoisotopic (exact) mass is 274 g/mol. The van der Waals surface area contributed by atoms with E-state index >= 15 is 0 Å². The standard InChI is InChI=1S/C14H15FN4O/c1-19(9-10-4-6-11(15)7-5-10)14-12(13(16)18-20)3-2-8-17-14/h2-8,20H,9H2,1H3,(H2,16,18). The fourth-order valence-electron chi connectivity index (χ4n) is 1.89. The fraction of sp³-hybridized carbons (Fsp3) is 0.143. The number of benzene rings is 1. The summed E-state index contributed by atoms with van der Waals surface area (Å²) in [5.74, 6) is 0.317. The van der Waals surface area contributed by atoms with Crippen LogP contribution in [0.3, 0.4) is 0 Å². The number of halogens is 1. The van der Waals surface area contributed by atoms with Crippen LogP contribution in [0.2, 0.25) is 0 Å². The molecule has 1 aromatic carbocycles. The molecule has 0 fully saturated rings. The highest BCUT2D eigenvalue weighted by molar-refractivity contribution is 6.01. The smallest absolute Gasteiger partial charge is 0.173 e. The van der Waals surface area contributed by atoms with E-state index in [0.717, 1.165) is 5.56 Å². The SMILES string of the molecule is CN(Cc1ccc(F)cc1)c1ncccc1C(N)=NO. The molecule has 0 spiro atoms. The summed E-state index contributed by atoms with van der Waals surface area (Å²) < 4.78 is 12.9. The number of aromatic nitrogens is 1. The third-order valence-corrected chi connectivity index (χ3v) is 2.86. The van der Waals surface area contributed by atoms with Gasteiger partial charge in [0.1, 0.15) is 11.6 Å². The highest BCUT2D eigenvalue weighted by atomic mass is 19.1. The van der Waals surface area contributed by atoms with Crippen molar-refractivity contribution in [3.05, 3.63) is 59.5 Å². The lowest BCUT2D eigenvalue weighted by atomic mass is 10.2. The van der Waals surface area contributed by atoms with E-state index in [2.05, 4.69) is 10.1 Å². The number of hydrogen-bond donors (Lipinski definition) is 2. The van der Waals surface area contributed by atoms with E-state index in [4.69, 9.17) is 10.9 Å². The first-order valence-corrected chi connectivity index (χ1v) is 6.00. The van der Waals surface area contributed by atoms with Crippen LogP contribution in [0.1, 0.15) is 11.1 Å². The van der Waals surface area contributed by atoms with Crippen molar-refractivity contribution in [2.24, 2.45) is 10.9 Å². The molecule has 0 atom stereocenters. The van der Waals surface area contributed by atoms with Gasteiger partial charge in [0.15, 0.2) is 5.84 Å². The summed E-state index contributed by atoms with van der Waals surface area (Å²) in [5.41, 5.74) is 7.11. The van der Waals surface area contributed by atoms with Gasteiger partial charge in [0.25, 0.3) is 0 Å². The van der Waals surface area contributed by atoms with E-state index in [1.54, 1.807) is 30.5 Å². The molecule has 0 saturated heterocycles. The zero-order valence-electron chi connectivity index (χ0n) is 11.0. The van der Waals surface area contributed by atoms with Crippen LogP contribution in [-0.2, 0) is 6.54 Å². The number of oxime groups is 1.